The number of rotatable bonds is 2. The van der Waals surface area contributed by atoms with E-state index in [-0.39, 0.29) is 5.82 Å². The van der Waals surface area contributed by atoms with E-state index in [1.54, 1.807) is 18.2 Å². The van der Waals surface area contributed by atoms with Gasteiger partial charge in [0, 0.05) is 27.7 Å². The van der Waals surface area contributed by atoms with E-state index in [1.807, 2.05) is 41.0 Å². The van der Waals surface area contributed by atoms with Gasteiger partial charge in [-0.15, -0.1) is 0 Å². The summed E-state index contributed by atoms with van der Waals surface area (Å²) in [5.74, 6) is -0.291. The van der Waals surface area contributed by atoms with Gasteiger partial charge in [0.05, 0.1) is 6.04 Å². The third kappa shape index (κ3) is 1.67. The van der Waals surface area contributed by atoms with Gasteiger partial charge in [-0.2, -0.15) is 0 Å². The van der Waals surface area contributed by atoms with Crippen LogP contribution >= 0.6 is 0 Å². The number of carbonyl (C=O) groups excluding carboxylic acids is 1. The highest BCUT2D eigenvalue weighted by Gasteiger charge is 2.29. The quantitative estimate of drug-likeness (QED) is 0.650. The molecule has 0 spiro atoms. The van der Waals surface area contributed by atoms with Crippen LogP contribution in [0.3, 0.4) is 0 Å². The van der Waals surface area contributed by atoms with Gasteiger partial charge in [0.25, 0.3) is 0 Å². The first-order chi connectivity index (χ1) is 10.3. The molecular formula is C18H12FNO. The lowest BCUT2D eigenvalue weighted by molar-refractivity contribution is -0.105. The van der Waals surface area contributed by atoms with E-state index in [9.17, 15) is 9.18 Å². The molecule has 0 aliphatic carbocycles. The highest BCUT2D eigenvalue weighted by atomic mass is 19.1. The second-order valence-electron chi connectivity index (χ2n) is 5.18. The Morgan fingerprint density at radius 3 is 2.62 bits per heavy atom. The Balaban J connectivity index is 2.02. The maximum absolute atomic E-state index is 14.2. The molecule has 0 bridgehead atoms. The van der Waals surface area contributed by atoms with E-state index in [0.29, 0.717) is 11.1 Å². The average Bonchev–Trinajstić information content (AvgIpc) is 3.03. The van der Waals surface area contributed by atoms with Crippen molar-refractivity contribution in [2.24, 2.45) is 0 Å². The monoisotopic (exact) mass is 277 g/mol. The predicted octanol–water partition coefficient (Wildman–Crippen LogP) is 3.97. The molecule has 0 fully saturated rings. The number of nitrogens with zero attached hydrogens (tertiary/aromatic N) is 1. The van der Waals surface area contributed by atoms with Gasteiger partial charge < -0.3 is 4.57 Å². The van der Waals surface area contributed by atoms with Crippen LogP contribution in [0, 0.1) is 5.82 Å². The van der Waals surface area contributed by atoms with Crippen LogP contribution in [0.15, 0.2) is 60.2 Å². The Bertz CT molecular complexity index is 891. The third-order valence-corrected chi connectivity index (χ3v) is 4.00. The normalized spacial score (nSPS) is 16.8. The van der Waals surface area contributed by atoms with Gasteiger partial charge in [0.2, 0.25) is 0 Å². The molecular weight excluding hydrogens is 265 g/mol. The van der Waals surface area contributed by atoms with Crippen molar-refractivity contribution in [2.75, 3.05) is 0 Å². The number of carbonyl (C=O) groups is 1. The highest BCUT2D eigenvalue weighted by Crippen LogP contribution is 2.39. The summed E-state index contributed by atoms with van der Waals surface area (Å²) in [7, 11) is 0. The zero-order chi connectivity index (χ0) is 14.4. The van der Waals surface area contributed by atoms with Crippen molar-refractivity contribution in [3.05, 3.63) is 77.2 Å². The van der Waals surface area contributed by atoms with Gasteiger partial charge >= 0.3 is 0 Å². The van der Waals surface area contributed by atoms with Crippen molar-refractivity contribution in [3.63, 3.8) is 0 Å². The zero-order valence-electron chi connectivity index (χ0n) is 11.2. The van der Waals surface area contributed by atoms with Crippen LogP contribution in [0.5, 0.6) is 0 Å². The second-order valence-corrected chi connectivity index (χ2v) is 5.18. The van der Waals surface area contributed by atoms with Gasteiger partial charge in [0.1, 0.15) is 12.1 Å². The van der Waals surface area contributed by atoms with Gasteiger partial charge in [-0.25, -0.2) is 4.39 Å². The number of hydrogen-bond donors (Lipinski definition) is 0. The van der Waals surface area contributed by atoms with Gasteiger partial charge in [-0.1, -0.05) is 36.4 Å². The molecule has 4 rings (SSSR count). The largest absolute Gasteiger partial charge is 0.329 e. The molecule has 3 aromatic rings. The number of aromatic nitrogens is 1. The summed E-state index contributed by atoms with van der Waals surface area (Å²) < 4.78 is 16.2. The zero-order valence-corrected chi connectivity index (χ0v) is 11.2. The summed E-state index contributed by atoms with van der Waals surface area (Å²) in [5, 5.41) is 1.09. The minimum Gasteiger partial charge on any atom is -0.329 e. The molecule has 21 heavy (non-hydrogen) atoms. The Morgan fingerprint density at radius 2 is 1.81 bits per heavy atom. The smallest absolute Gasteiger partial charge is 0.148 e. The van der Waals surface area contributed by atoms with Crippen LogP contribution in [-0.4, -0.2) is 10.9 Å². The first-order valence-electron chi connectivity index (χ1n) is 6.81. The standard InChI is InChI=1S/C18H12FNO/c19-16-7-3-2-6-15(16)18-13(11-21)10-14-9-12-5-1-4-8-17(12)20(14)18/h1-11,18H/t18-/m0/s1. The molecule has 2 aromatic carbocycles. The maximum atomic E-state index is 14.2. The van der Waals surface area contributed by atoms with E-state index in [4.69, 9.17) is 0 Å². The molecule has 0 saturated carbocycles. The molecule has 1 aromatic heterocycles. The van der Waals surface area contributed by atoms with E-state index >= 15 is 0 Å². The lowest BCUT2D eigenvalue weighted by atomic mass is 10.00. The molecule has 1 aliphatic heterocycles. The van der Waals surface area contributed by atoms with Crippen molar-refractivity contribution in [1.29, 1.82) is 0 Å². The van der Waals surface area contributed by atoms with E-state index in [2.05, 4.69) is 0 Å². The SMILES string of the molecule is O=CC1=Cc2cc3ccccc3n2[C@@H]1c1ccccc1F. The van der Waals surface area contributed by atoms with Crippen LogP contribution < -0.4 is 0 Å². The number of benzene rings is 2. The Hall–Kier alpha value is -2.68. The maximum Gasteiger partial charge on any atom is 0.148 e. The molecule has 0 unspecified atom stereocenters. The van der Waals surface area contributed by atoms with Crippen molar-refractivity contribution in [3.8, 4) is 0 Å². The van der Waals surface area contributed by atoms with Crippen molar-refractivity contribution < 1.29 is 9.18 Å². The molecule has 0 amide bonds. The molecule has 2 nitrogen and oxygen atoms in total. The Kier molecular flexibility index (Phi) is 2.54. The van der Waals surface area contributed by atoms with Crippen molar-refractivity contribution >= 4 is 23.3 Å². The molecule has 3 heteroatoms. The van der Waals surface area contributed by atoms with Gasteiger partial charge in [0.15, 0.2) is 0 Å². The van der Waals surface area contributed by atoms with Crippen molar-refractivity contribution in [2.45, 2.75) is 6.04 Å². The van der Waals surface area contributed by atoms with Gasteiger partial charge in [-0.05, 0) is 24.3 Å². The molecule has 2 heterocycles. The van der Waals surface area contributed by atoms with E-state index in [0.717, 1.165) is 22.9 Å². The van der Waals surface area contributed by atoms with E-state index < -0.39 is 6.04 Å². The number of allylic oxidation sites excluding steroid dienone is 1. The lowest BCUT2D eigenvalue weighted by Crippen LogP contribution is -2.12. The molecule has 0 N–H and O–H groups in total. The molecule has 1 atom stereocenters. The molecule has 0 saturated heterocycles. The number of halogens is 1. The van der Waals surface area contributed by atoms with Crippen molar-refractivity contribution in [1.82, 2.24) is 4.57 Å². The summed E-state index contributed by atoms with van der Waals surface area (Å²) in [6.45, 7) is 0. The lowest BCUT2D eigenvalue weighted by Gasteiger charge is -2.18. The van der Waals surface area contributed by atoms with E-state index in [1.165, 1.54) is 6.07 Å². The van der Waals surface area contributed by atoms with Crippen LogP contribution in [0.25, 0.3) is 17.0 Å². The third-order valence-electron chi connectivity index (χ3n) is 4.00. The fourth-order valence-corrected chi connectivity index (χ4v) is 3.11. The Labute approximate surface area is 121 Å². The highest BCUT2D eigenvalue weighted by molar-refractivity contribution is 5.92. The molecule has 0 radical (unpaired) electrons. The number of para-hydroxylation sites is 1. The van der Waals surface area contributed by atoms with Crippen LogP contribution in [0.4, 0.5) is 4.39 Å². The first-order valence-corrected chi connectivity index (χ1v) is 6.81. The fourth-order valence-electron chi connectivity index (χ4n) is 3.11. The summed E-state index contributed by atoms with van der Waals surface area (Å²) in [4.78, 5) is 11.4. The number of fused-ring (bicyclic) bond motifs is 3. The summed E-state index contributed by atoms with van der Waals surface area (Å²) in [5.41, 5.74) is 3.05. The van der Waals surface area contributed by atoms with Crippen LogP contribution in [0.1, 0.15) is 17.3 Å². The number of aldehydes is 1. The summed E-state index contributed by atoms with van der Waals surface area (Å²) in [6, 6.07) is 16.2. The topological polar surface area (TPSA) is 22.0 Å². The Morgan fingerprint density at radius 1 is 1.05 bits per heavy atom. The van der Waals surface area contributed by atoms with Crippen LogP contribution in [-0.2, 0) is 4.79 Å². The van der Waals surface area contributed by atoms with Crippen LogP contribution in [0.2, 0.25) is 0 Å². The first kappa shape index (κ1) is 12.1. The minimum absolute atomic E-state index is 0.291. The fraction of sp³-hybridized carbons (Fsp3) is 0.0556. The predicted molar refractivity (Wildman–Crippen MR) is 80.5 cm³/mol. The minimum atomic E-state index is -0.390. The number of hydrogen-bond acceptors (Lipinski definition) is 1. The molecule has 1 aliphatic rings. The molecule has 102 valence electrons. The average molecular weight is 277 g/mol. The van der Waals surface area contributed by atoms with Gasteiger partial charge in [-0.3, -0.25) is 4.79 Å². The second kappa shape index (κ2) is 4.42. The summed E-state index contributed by atoms with van der Waals surface area (Å²) in [6.07, 6.45) is 2.66. The summed E-state index contributed by atoms with van der Waals surface area (Å²) >= 11 is 0.